The van der Waals surface area contributed by atoms with Crippen LogP contribution in [0.5, 0.6) is 0 Å². The summed E-state index contributed by atoms with van der Waals surface area (Å²) in [7, 11) is 0. The summed E-state index contributed by atoms with van der Waals surface area (Å²) in [6.07, 6.45) is 6.75. The Morgan fingerprint density at radius 1 is 1.40 bits per heavy atom. The zero-order valence-electron chi connectivity index (χ0n) is 13.2. The van der Waals surface area contributed by atoms with Crippen molar-refractivity contribution < 1.29 is 0 Å². The van der Waals surface area contributed by atoms with Crippen molar-refractivity contribution in [1.29, 1.82) is 0 Å². The van der Waals surface area contributed by atoms with Gasteiger partial charge in [-0.15, -0.1) is 0 Å². The molecule has 3 nitrogen and oxygen atoms in total. The van der Waals surface area contributed by atoms with E-state index in [1.165, 1.54) is 25.0 Å². The Hall–Kier alpha value is -0.540. The molecule has 0 spiro atoms. The van der Waals surface area contributed by atoms with Gasteiger partial charge >= 0.3 is 0 Å². The van der Waals surface area contributed by atoms with Crippen molar-refractivity contribution in [3.63, 3.8) is 0 Å². The van der Waals surface area contributed by atoms with Crippen molar-refractivity contribution >= 4 is 11.6 Å². The molecule has 1 N–H and O–H groups in total. The highest BCUT2D eigenvalue weighted by Crippen LogP contribution is 2.42. The van der Waals surface area contributed by atoms with Crippen LogP contribution in [0.15, 0.2) is 6.20 Å². The van der Waals surface area contributed by atoms with Gasteiger partial charge in [-0.05, 0) is 52.5 Å². The molecule has 1 aliphatic rings. The lowest BCUT2D eigenvalue weighted by atomic mass is 9.91. The maximum atomic E-state index is 6.41. The number of hydrogen-bond acceptors (Lipinski definition) is 2. The maximum absolute atomic E-state index is 6.41. The fraction of sp³-hybridized carbons (Fsp3) is 0.812. The van der Waals surface area contributed by atoms with Crippen molar-refractivity contribution in [2.75, 3.05) is 6.54 Å². The van der Waals surface area contributed by atoms with E-state index < -0.39 is 0 Å². The third kappa shape index (κ3) is 3.76. The van der Waals surface area contributed by atoms with Gasteiger partial charge in [0.2, 0.25) is 0 Å². The number of hydrogen-bond donors (Lipinski definition) is 1. The van der Waals surface area contributed by atoms with E-state index in [9.17, 15) is 0 Å². The van der Waals surface area contributed by atoms with E-state index in [2.05, 4.69) is 42.8 Å². The summed E-state index contributed by atoms with van der Waals surface area (Å²) in [4.78, 5) is 0. The molecule has 2 rings (SSSR count). The molecule has 4 heteroatoms. The van der Waals surface area contributed by atoms with Crippen LogP contribution in [0.3, 0.4) is 0 Å². The standard InChI is InChI=1S/C16H28ClN3/c1-5-9-20-15(14(17)11-19-20)13-8-6-7-12(13)10-18-16(2,3)4/h11-13,18H,5-10H2,1-4H3. The molecular weight excluding hydrogens is 270 g/mol. The second kappa shape index (κ2) is 6.48. The van der Waals surface area contributed by atoms with E-state index in [1.54, 1.807) is 0 Å². The van der Waals surface area contributed by atoms with Crippen molar-refractivity contribution in [2.45, 2.75) is 71.4 Å². The molecule has 2 atom stereocenters. The van der Waals surface area contributed by atoms with E-state index in [0.29, 0.717) is 11.8 Å². The molecular formula is C16H28ClN3. The molecule has 0 radical (unpaired) electrons. The lowest BCUT2D eigenvalue weighted by molar-refractivity contribution is 0.349. The third-order valence-corrected chi connectivity index (χ3v) is 4.46. The Labute approximate surface area is 128 Å². The molecule has 1 aliphatic carbocycles. The molecule has 0 bridgehead atoms. The summed E-state index contributed by atoms with van der Waals surface area (Å²) in [6, 6.07) is 0. The number of halogens is 1. The molecule has 1 aromatic rings. The van der Waals surface area contributed by atoms with Crippen molar-refractivity contribution in [3.05, 3.63) is 16.9 Å². The quantitative estimate of drug-likeness (QED) is 0.882. The van der Waals surface area contributed by atoms with Gasteiger partial charge in [-0.2, -0.15) is 5.10 Å². The molecule has 0 amide bonds. The van der Waals surface area contributed by atoms with E-state index in [-0.39, 0.29) is 5.54 Å². The lowest BCUT2D eigenvalue weighted by Crippen LogP contribution is -2.39. The van der Waals surface area contributed by atoms with Crippen LogP contribution in [0, 0.1) is 5.92 Å². The summed E-state index contributed by atoms with van der Waals surface area (Å²) in [5, 5.41) is 8.96. The minimum atomic E-state index is 0.181. The summed E-state index contributed by atoms with van der Waals surface area (Å²) in [6.45, 7) is 10.9. The fourth-order valence-electron chi connectivity index (χ4n) is 3.21. The van der Waals surface area contributed by atoms with Gasteiger partial charge in [-0.25, -0.2) is 0 Å². The van der Waals surface area contributed by atoms with Crippen LogP contribution in [-0.2, 0) is 6.54 Å². The van der Waals surface area contributed by atoms with Gasteiger partial charge < -0.3 is 5.32 Å². The lowest BCUT2D eigenvalue weighted by Gasteiger charge is -2.27. The number of aryl methyl sites for hydroxylation is 1. The number of nitrogens with zero attached hydrogens (tertiary/aromatic N) is 2. The predicted octanol–water partition coefficient (Wildman–Crippen LogP) is 4.22. The van der Waals surface area contributed by atoms with E-state index >= 15 is 0 Å². The highest BCUT2D eigenvalue weighted by Gasteiger charge is 2.33. The maximum Gasteiger partial charge on any atom is 0.0820 e. The first-order valence-corrected chi connectivity index (χ1v) is 8.26. The topological polar surface area (TPSA) is 29.9 Å². The SMILES string of the molecule is CCCn1ncc(Cl)c1C1CCCC1CNC(C)(C)C. The van der Waals surface area contributed by atoms with Crippen LogP contribution >= 0.6 is 11.6 Å². The average Bonchev–Trinajstić information content (AvgIpc) is 2.93. The van der Waals surface area contributed by atoms with Gasteiger partial charge in [0.15, 0.2) is 0 Å². The smallest absolute Gasteiger partial charge is 0.0820 e. The van der Waals surface area contributed by atoms with Crippen molar-refractivity contribution in [1.82, 2.24) is 15.1 Å². The molecule has 0 aliphatic heterocycles. The van der Waals surface area contributed by atoms with E-state index in [1.807, 2.05) is 6.20 Å². The number of rotatable bonds is 5. The Kier molecular flexibility index (Phi) is 5.14. The van der Waals surface area contributed by atoms with Gasteiger partial charge in [0, 0.05) is 18.0 Å². The number of nitrogens with one attached hydrogen (secondary N) is 1. The van der Waals surface area contributed by atoms with Gasteiger partial charge in [0.1, 0.15) is 0 Å². The second-order valence-electron chi connectivity index (χ2n) is 7.03. The van der Waals surface area contributed by atoms with Gasteiger partial charge in [0.05, 0.1) is 16.9 Å². The fourth-order valence-corrected chi connectivity index (χ4v) is 3.49. The minimum absolute atomic E-state index is 0.181. The van der Waals surface area contributed by atoms with E-state index in [0.717, 1.165) is 24.5 Å². The summed E-state index contributed by atoms with van der Waals surface area (Å²) < 4.78 is 2.13. The molecule has 1 saturated carbocycles. The molecule has 1 aromatic heterocycles. The Morgan fingerprint density at radius 3 is 2.80 bits per heavy atom. The Balaban J connectivity index is 2.12. The Morgan fingerprint density at radius 2 is 2.15 bits per heavy atom. The largest absolute Gasteiger partial charge is 0.312 e. The molecule has 0 saturated heterocycles. The first-order valence-electron chi connectivity index (χ1n) is 7.88. The van der Waals surface area contributed by atoms with Gasteiger partial charge in [-0.3, -0.25) is 4.68 Å². The first kappa shape index (κ1) is 15.8. The van der Waals surface area contributed by atoms with Crippen LogP contribution in [0.2, 0.25) is 5.02 Å². The van der Waals surface area contributed by atoms with Crippen LogP contribution in [0.1, 0.15) is 65.0 Å². The number of aromatic nitrogens is 2. The van der Waals surface area contributed by atoms with Crippen molar-refractivity contribution in [2.24, 2.45) is 5.92 Å². The van der Waals surface area contributed by atoms with Crippen LogP contribution in [0.4, 0.5) is 0 Å². The van der Waals surface area contributed by atoms with Crippen LogP contribution in [-0.4, -0.2) is 21.9 Å². The third-order valence-electron chi connectivity index (χ3n) is 4.17. The zero-order valence-corrected chi connectivity index (χ0v) is 14.0. The zero-order chi connectivity index (χ0) is 14.8. The second-order valence-corrected chi connectivity index (χ2v) is 7.44. The van der Waals surface area contributed by atoms with Crippen LogP contribution < -0.4 is 5.32 Å². The van der Waals surface area contributed by atoms with Crippen molar-refractivity contribution in [3.8, 4) is 0 Å². The normalized spacial score (nSPS) is 23.4. The monoisotopic (exact) mass is 297 g/mol. The molecule has 20 heavy (non-hydrogen) atoms. The van der Waals surface area contributed by atoms with Crippen LogP contribution in [0.25, 0.3) is 0 Å². The molecule has 0 aromatic carbocycles. The predicted molar refractivity (Wildman–Crippen MR) is 85.4 cm³/mol. The Bertz CT molecular complexity index is 433. The van der Waals surface area contributed by atoms with Gasteiger partial charge in [-0.1, -0.05) is 24.9 Å². The highest BCUT2D eigenvalue weighted by atomic mass is 35.5. The molecule has 114 valence electrons. The summed E-state index contributed by atoms with van der Waals surface area (Å²) >= 11 is 6.41. The summed E-state index contributed by atoms with van der Waals surface area (Å²) in [5.41, 5.74) is 1.45. The highest BCUT2D eigenvalue weighted by molar-refractivity contribution is 6.31. The minimum Gasteiger partial charge on any atom is -0.312 e. The molecule has 1 heterocycles. The average molecular weight is 298 g/mol. The van der Waals surface area contributed by atoms with Gasteiger partial charge in [0.25, 0.3) is 0 Å². The molecule has 2 unspecified atom stereocenters. The summed E-state index contributed by atoms with van der Waals surface area (Å²) in [5.74, 6) is 1.24. The molecule has 1 fully saturated rings. The van der Waals surface area contributed by atoms with E-state index in [4.69, 9.17) is 11.6 Å². The first-order chi connectivity index (χ1) is 9.42.